The summed E-state index contributed by atoms with van der Waals surface area (Å²) >= 11 is 5.20. The molecule has 0 aliphatic heterocycles. The van der Waals surface area contributed by atoms with Gasteiger partial charge in [-0.15, -0.1) is 0 Å². The van der Waals surface area contributed by atoms with Crippen LogP contribution >= 0.6 is 12.2 Å². The van der Waals surface area contributed by atoms with Crippen LogP contribution in [0.2, 0.25) is 0 Å². The predicted molar refractivity (Wildman–Crippen MR) is 108 cm³/mol. The highest BCUT2D eigenvalue weighted by atomic mass is 32.1. The number of nitrogens with one attached hydrogen (secondary N) is 2. The molecule has 0 radical (unpaired) electrons. The highest BCUT2D eigenvalue weighted by Crippen LogP contribution is 2.17. The smallest absolute Gasteiger partial charge is 0.257 e. The Morgan fingerprint density at radius 1 is 1.04 bits per heavy atom. The molecule has 0 atom stereocenters. The number of carbonyl (C=O) groups is 1. The van der Waals surface area contributed by atoms with Crippen molar-refractivity contribution in [1.29, 1.82) is 0 Å². The van der Waals surface area contributed by atoms with Gasteiger partial charge in [-0.05, 0) is 81.0 Å². The van der Waals surface area contributed by atoms with E-state index in [1.54, 1.807) is 24.3 Å². The van der Waals surface area contributed by atoms with Gasteiger partial charge < -0.3 is 14.8 Å². The van der Waals surface area contributed by atoms with Crippen molar-refractivity contribution >= 4 is 28.9 Å². The number of rotatable bonds is 7. The number of anilines is 1. The largest absolute Gasteiger partial charge is 0.494 e. The maximum absolute atomic E-state index is 12.2. The molecule has 1 amide bonds. The van der Waals surface area contributed by atoms with E-state index in [1.807, 2.05) is 45.0 Å². The number of hydrogen-bond acceptors (Lipinski definition) is 4. The van der Waals surface area contributed by atoms with Gasteiger partial charge >= 0.3 is 0 Å². The Hall–Kier alpha value is -2.60. The van der Waals surface area contributed by atoms with Gasteiger partial charge in [0, 0.05) is 11.3 Å². The Morgan fingerprint density at radius 3 is 2.23 bits per heavy atom. The van der Waals surface area contributed by atoms with Gasteiger partial charge in [0.1, 0.15) is 11.5 Å². The lowest BCUT2D eigenvalue weighted by molar-refractivity contribution is 0.0977. The molecule has 0 spiro atoms. The van der Waals surface area contributed by atoms with Crippen LogP contribution in [-0.2, 0) is 0 Å². The molecule has 138 valence electrons. The second kappa shape index (κ2) is 9.77. The van der Waals surface area contributed by atoms with E-state index >= 15 is 0 Å². The Balaban J connectivity index is 1.87. The van der Waals surface area contributed by atoms with Gasteiger partial charge in [-0.3, -0.25) is 10.1 Å². The fourth-order valence-corrected chi connectivity index (χ4v) is 2.36. The van der Waals surface area contributed by atoms with Gasteiger partial charge in [-0.1, -0.05) is 6.92 Å². The molecule has 0 bridgehead atoms. The molecule has 2 N–H and O–H groups in total. The average Bonchev–Trinajstić information content (AvgIpc) is 2.61. The fraction of sp³-hybridized carbons (Fsp3) is 0.300. The summed E-state index contributed by atoms with van der Waals surface area (Å²) in [6.07, 6.45) is 1.06. The Kier molecular flexibility index (Phi) is 7.41. The van der Waals surface area contributed by atoms with E-state index in [1.165, 1.54) is 0 Å². The second-order valence-electron chi connectivity index (χ2n) is 5.97. The van der Waals surface area contributed by atoms with Crippen LogP contribution in [0.5, 0.6) is 11.5 Å². The summed E-state index contributed by atoms with van der Waals surface area (Å²) in [4.78, 5) is 12.2. The zero-order valence-corrected chi connectivity index (χ0v) is 16.1. The molecule has 0 unspecified atom stereocenters. The SMILES string of the molecule is CCCOc1ccc(C(=O)NC(=S)Nc2ccc(OC(C)C)cc2)cc1. The highest BCUT2D eigenvalue weighted by Gasteiger charge is 2.08. The van der Waals surface area contributed by atoms with Crippen LogP contribution < -0.4 is 20.1 Å². The zero-order chi connectivity index (χ0) is 18.9. The number of ether oxygens (including phenoxy) is 2. The number of carbonyl (C=O) groups excluding carboxylic acids is 1. The molecule has 0 aliphatic carbocycles. The lowest BCUT2D eigenvalue weighted by atomic mass is 10.2. The Morgan fingerprint density at radius 2 is 1.65 bits per heavy atom. The van der Waals surface area contributed by atoms with Crippen molar-refractivity contribution in [2.45, 2.75) is 33.3 Å². The lowest BCUT2D eigenvalue weighted by Gasteiger charge is -2.12. The van der Waals surface area contributed by atoms with Crippen molar-refractivity contribution in [3.63, 3.8) is 0 Å². The number of benzene rings is 2. The summed E-state index contributed by atoms with van der Waals surface area (Å²) in [5.74, 6) is 1.25. The van der Waals surface area contributed by atoms with Gasteiger partial charge in [0.15, 0.2) is 5.11 Å². The molecule has 2 rings (SSSR count). The van der Waals surface area contributed by atoms with Gasteiger partial charge in [-0.2, -0.15) is 0 Å². The van der Waals surface area contributed by atoms with Gasteiger partial charge in [0.25, 0.3) is 5.91 Å². The van der Waals surface area contributed by atoms with Crippen LogP contribution in [0.25, 0.3) is 0 Å². The first-order valence-corrected chi connectivity index (χ1v) is 9.00. The minimum atomic E-state index is -0.274. The number of thiocarbonyl (C=S) groups is 1. The Bertz CT molecular complexity index is 728. The minimum absolute atomic E-state index is 0.118. The zero-order valence-electron chi connectivity index (χ0n) is 15.2. The van der Waals surface area contributed by atoms with Gasteiger partial charge in [0.05, 0.1) is 12.7 Å². The highest BCUT2D eigenvalue weighted by molar-refractivity contribution is 7.80. The molecule has 0 aliphatic rings. The maximum Gasteiger partial charge on any atom is 0.257 e. The van der Waals surface area contributed by atoms with Crippen molar-refractivity contribution < 1.29 is 14.3 Å². The monoisotopic (exact) mass is 372 g/mol. The molecule has 2 aromatic rings. The van der Waals surface area contributed by atoms with Crippen LogP contribution in [0.15, 0.2) is 48.5 Å². The molecule has 0 fully saturated rings. The van der Waals surface area contributed by atoms with E-state index in [0.29, 0.717) is 12.2 Å². The van der Waals surface area contributed by atoms with Crippen molar-refractivity contribution in [2.24, 2.45) is 0 Å². The standard InChI is InChI=1S/C20H24N2O3S/c1-4-13-24-17-9-5-15(6-10-17)19(23)22-20(26)21-16-7-11-18(12-8-16)25-14(2)3/h5-12,14H,4,13H2,1-3H3,(H2,21,22,23,26). The molecule has 0 aromatic heterocycles. The molecular formula is C20H24N2O3S. The quantitative estimate of drug-likeness (QED) is 0.706. The second-order valence-corrected chi connectivity index (χ2v) is 6.38. The van der Waals surface area contributed by atoms with Crippen LogP contribution in [0.4, 0.5) is 5.69 Å². The van der Waals surface area contributed by atoms with Gasteiger partial charge in [-0.25, -0.2) is 0 Å². The minimum Gasteiger partial charge on any atom is -0.494 e. The van der Waals surface area contributed by atoms with E-state index < -0.39 is 0 Å². The first-order chi connectivity index (χ1) is 12.5. The van der Waals surface area contributed by atoms with E-state index in [2.05, 4.69) is 10.6 Å². The first-order valence-electron chi connectivity index (χ1n) is 8.60. The third kappa shape index (κ3) is 6.37. The third-order valence-corrected chi connectivity index (χ3v) is 3.50. The molecular weight excluding hydrogens is 348 g/mol. The summed E-state index contributed by atoms with van der Waals surface area (Å²) in [5, 5.41) is 5.88. The van der Waals surface area contributed by atoms with Crippen LogP contribution in [0.1, 0.15) is 37.6 Å². The molecule has 0 heterocycles. The molecule has 0 saturated carbocycles. The summed E-state index contributed by atoms with van der Waals surface area (Å²) < 4.78 is 11.1. The van der Waals surface area contributed by atoms with Crippen molar-refractivity contribution in [1.82, 2.24) is 5.32 Å². The summed E-state index contributed by atoms with van der Waals surface area (Å²) in [6.45, 7) is 6.64. The predicted octanol–water partition coefficient (Wildman–Crippen LogP) is 4.39. The summed E-state index contributed by atoms with van der Waals surface area (Å²) in [7, 11) is 0. The van der Waals surface area contributed by atoms with Crippen molar-refractivity contribution in [3.8, 4) is 11.5 Å². The molecule has 2 aromatic carbocycles. The van der Waals surface area contributed by atoms with Crippen LogP contribution in [0, 0.1) is 0 Å². The van der Waals surface area contributed by atoms with Crippen molar-refractivity contribution in [3.05, 3.63) is 54.1 Å². The molecule has 6 heteroatoms. The number of amides is 1. The van der Waals surface area contributed by atoms with E-state index in [0.717, 1.165) is 23.6 Å². The summed E-state index contributed by atoms with van der Waals surface area (Å²) in [5.41, 5.74) is 1.29. The maximum atomic E-state index is 12.2. The molecule has 26 heavy (non-hydrogen) atoms. The molecule has 5 nitrogen and oxygen atoms in total. The third-order valence-electron chi connectivity index (χ3n) is 3.30. The summed E-state index contributed by atoms with van der Waals surface area (Å²) in [6, 6.07) is 14.3. The van der Waals surface area contributed by atoms with Gasteiger partial charge in [0.2, 0.25) is 0 Å². The number of hydrogen-bond donors (Lipinski definition) is 2. The normalized spacial score (nSPS) is 10.3. The van der Waals surface area contributed by atoms with Crippen LogP contribution in [-0.4, -0.2) is 23.7 Å². The topological polar surface area (TPSA) is 59.6 Å². The average molecular weight is 372 g/mol. The van der Waals surface area contributed by atoms with Crippen molar-refractivity contribution in [2.75, 3.05) is 11.9 Å². The first kappa shape index (κ1) is 19.7. The van der Waals surface area contributed by atoms with E-state index in [-0.39, 0.29) is 17.1 Å². The lowest BCUT2D eigenvalue weighted by Crippen LogP contribution is -2.34. The van der Waals surface area contributed by atoms with Crippen LogP contribution in [0.3, 0.4) is 0 Å². The molecule has 0 saturated heterocycles. The van der Waals surface area contributed by atoms with E-state index in [4.69, 9.17) is 21.7 Å². The Labute approximate surface area is 159 Å². The fourth-order valence-electron chi connectivity index (χ4n) is 2.15. The van der Waals surface area contributed by atoms with E-state index in [9.17, 15) is 4.79 Å².